The number of furan rings is 1. The maximum Gasteiger partial charge on any atom is 0.121 e. The maximum absolute atomic E-state index is 5.72. The van der Waals surface area contributed by atoms with Gasteiger partial charge >= 0.3 is 0 Å². The summed E-state index contributed by atoms with van der Waals surface area (Å²) in [7, 11) is 0. The summed E-state index contributed by atoms with van der Waals surface area (Å²) in [6.07, 6.45) is 3.85. The van der Waals surface area contributed by atoms with Crippen LogP contribution in [0.3, 0.4) is 0 Å². The van der Waals surface area contributed by atoms with E-state index in [1.54, 1.807) is 0 Å². The Morgan fingerprint density at radius 1 is 1.69 bits per heavy atom. The molecule has 0 saturated carbocycles. The average molecular weight is 179 g/mol. The normalized spacial score (nSPS) is 12.8. The van der Waals surface area contributed by atoms with Gasteiger partial charge in [-0.15, -0.1) is 0 Å². The Hall–Kier alpha value is -1.02. The van der Waals surface area contributed by atoms with Gasteiger partial charge in [0.2, 0.25) is 0 Å². The molecule has 0 spiro atoms. The van der Waals surface area contributed by atoms with E-state index in [0.717, 1.165) is 29.9 Å². The molecule has 2 heteroatoms. The fourth-order valence-corrected chi connectivity index (χ4v) is 1.28. The molecule has 0 bridgehead atoms. The van der Waals surface area contributed by atoms with E-state index in [0.29, 0.717) is 0 Å². The molecular weight excluding hydrogens is 162 g/mol. The number of hydrogen-bond donors (Lipinski definition) is 1. The molecule has 0 aliphatic heterocycles. The molecule has 0 saturated heterocycles. The third-order valence-electron chi connectivity index (χ3n) is 2.01. The van der Waals surface area contributed by atoms with Crippen LogP contribution in [-0.2, 0) is 6.42 Å². The van der Waals surface area contributed by atoms with Gasteiger partial charge in [0.05, 0.1) is 6.04 Å². The molecule has 0 amide bonds. The van der Waals surface area contributed by atoms with Crippen molar-refractivity contribution < 1.29 is 4.42 Å². The Labute approximate surface area is 79.4 Å². The Morgan fingerprint density at radius 2 is 2.38 bits per heavy atom. The van der Waals surface area contributed by atoms with Crippen LogP contribution in [0.15, 0.2) is 17.1 Å². The first-order chi connectivity index (χ1) is 6.19. The molecule has 0 aliphatic rings. The van der Waals surface area contributed by atoms with E-state index < -0.39 is 0 Å². The van der Waals surface area contributed by atoms with Crippen molar-refractivity contribution >= 4 is 6.08 Å². The van der Waals surface area contributed by atoms with Gasteiger partial charge in [0, 0.05) is 12.0 Å². The summed E-state index contributed by atoms with van der Waals surface area (Å²) in [6, 6.07) is 1.94. The van der Waals surface area contributed by atoms with Crippen LogP contribution in [0.1, 0.15) is 43.4 Å². The highest BCUT2D eigenvalue weighted by Crippen LogP contribution is 2.21. The molecule has 0 aliphatic carbocycles. The van der Waals surface area contributed by atoms with Crippen molar-refractivity contribution in [2.75, 3.05) is 0 Å². The summed E-state index contributed by atoms with van der Waals surface area (Å²) in [4.78, 5) is 0. The van der Waals surface area contributed by atoms with E-state index in [1.165, 1.54) is 0 Å². The molecular formula is C11H17NO. The van der Waals surface area contributed by atoms with Gasteiger partial charge in [-0.1, -0.05) is 19.6 Å². The zero-order valence-corrected chi connectivity index (χ0v) is 8.34. The van der Waals surface area contributed by atoms with Gasteiger partial charge < -0.3 is 10.2 Å². The molecule has 1 unspecified atom stereocenters. The lowest BCUT2D eigenvalue weighted by molar-refractivity contribution is 0.440. The molecule has 1 aromatic heterocycles. The highest BCUT2D eigenvalue weighted by molar-refractivity contribution is 5.50. The van der Waals surface area contributed by atoms with Crippen molar-refractivity contribution in [1.82, 2.24) is 0 Å². The summed E-state index contributed by atoms with van der Waals surface area (Å²) in [6.45, 7) is 7.79. The van der Waals surface area contributed by atoms with Gasteiger partial charge in [-0.05, 0) is 19.4 Å². The van der Waals surface area contributed by atoms with E-state index in [9.17, 15) is 0 Å². The zero-order chi connectivity index (χ0) is 9.84. The second-order valence-corrected chi connectivity index (χ2v) is 3.27. The quantitative estimate of drug-likeness (QED) is 0.771. The first-order valence-corrected chi connectivity index (χ1v) is 4.69. The molecule has 0 aromatic carbocycles. The largest absolute Gasteiger partial charge is 0.464 e. The van der Waals surface area contributed by atoms with Crippen LogP contribution in [0.2, 0.25) is 0 Å². The van der Waals surface area contributed by atoms with Crippen molar-refractivity contribution in [1.29, 1.82) is 0 Å². The highest BCUT2D eigenvalue weighted by Gasteiger charge is 2.10. The van der Waals surface area contributed by atoms with Gasteiger partial charge in [0.25, 0.3) is 0 Å². The van der Waals surface area contributed by atoms with E-state index in [1.807, 2.05) is 19.1 Å². The van der Waals surface area contributed by atoms with Crippen LogP contribution in [0.25, 0.3) is 6.08 Å². The molecule has 0 fully saturated rings. The summed E-state index contributed by atoms with van der Waals surface area (Å²) in [5.74, 6) is 1.85. The number of hydrogen-bond acceptors (Lipinski definition) is 2. The van der Waals surface area contributed by atoms with E-state index in [-0.39, 0.29) is 6.04 Å². The summed E-state index contributed by atoms with van der Waals surface area (Å²) < 4.78 is 5.61. The predicted molar refractivity (Wildman–Crippen MR) is 55.4 cm³/mol. The standard InChI is InChI=1S/C11H17NO/c1-4-6-10-9(5-2)7-11(13-10)8(3)12/h5,7-8H,2,4,6,12H2,1,3H3. The first-order valence-electron chi connectivity index (χ1n) is 4.69. The minimum absolute atomic E-state index is 0.0377. The van der Waals surface area contributed by atoms with Gasteiger partial charge in [0.15, 0.2) is 0 Å². The molecule has 1 heterocycles. The van der Waals surface area contributed by atoms with Crippen LogP contribution in [0, 0.1) is 0 Å². The molecule has 2 N–H and O–H groups in total. The second-order valence-electron chi connectivity index (χ2n) is 3.27. The first kappa shape index (κ1) is 10.1. The number of nitrogens with two attached hydrogens (primary N) is 1. The van der Waals surface area contributed by atoms with Crippen LogP contribution in [0.4, 0.5) is 0 Å². The van der Waals surface area contributed by atoms with Crippen LogP contribution in [0.5, 0.6) is 0 Å². The SMILES string of the molecule is C=Cc1cc(C(C)N)oc1CCC. The second kappa shape index (κ2) is 4.28. The molecule has 1 atom stereocenters. The van der Waals surface area contributed by atoms with Crippen molar-refractivity contribution in [2.45, 2.75) is 32.7 Å². The van der Waals surface area contributed by atoms with Crippen molar-refractivity contribution in [3.8, 4) is 0 Å². The average Bonchev–Trinajstić information content (AvgIpc) is 2.48. The Morgan fingerprint density at radius 3 is 2.85 bits per heavy atom. The molecule has 13 heavy (non-hydrogen) atoms. The van der Waals surface area contributed by atoms with Gasteiger partial charge in [-0.25, -0.2) is 0 Å². The van der Waals surface area contributed by atoms with Gasteiger partial charge in [-0.2, -0.15) is 0 Å². The monoisotopic (exact) mass is 179 g/mol. The summed E-state index contributed by atoms with van der Waals surface area (Å²) in [5.41, 5.74) is 6.80. The lowest BCUT2D eigenvalue weighted by atomic mass is 10.1. The number of rotatable bonds is 4. The molecule has 0 radical (unpaired) electrons. The topological polar surface area (TPSA) is 39.2 Å². The lowest BCUT2D eigenvalue weighted by Gasteiger charge is -1.98. The molecule has 72 valence electrons. The van der Waals surface area contributed by atoms with Crippen LogP contribution >= 0.6 is 0 Å². The fraction of sp³-hybridized carbons (Fsp3) is 0.455. The van der Waals surface area contributed by atoms with Crippen LogP contribution in [-0.4, -0.2) is 0 Å². The van der Waals surface area contributed by atoms with E-state index >= 15 is 0 Å². The predicted octanol–water partition coefficient (Wildman–Crippen LogP) is 2.89. The maximum atomic E-state index is 5.72. The lowest BCUT2D eigenvalue weighted by Crippen LogP contribution is -2.02. The van der Waals surface area contributed by atoms with Crippen molar-refractivity contribution in [3.63, 3.8) is 0 Å². The fourth-order valence-electron chi connectivity index (χ4n) is 1.28. The van der Waals surface area contributed by atoms with Crippen LogP contribution < -0.4 is 5.73 Å². The van der Waals surface area contributed by atoms with E-state index in [4.69, 9.17) is 10.2 Å². The third-order valence-corrected chi connectivity index (χ3v) is 2.01. The third kappa shape index (κ3) is 2.22. The zero-order valence-electron chi connectivity index (χ0n) is 8.34. The van der Waals surface area contributed by atoms with Crippen molar-refractivity contribution in [3.05, 3.63) is 29.7 Å². The molecule has 2 nitrogen and oxygen atoms in total. The molecule has 1 aromatic rings. The number of aryl methyl sites for hydroxylation is 1. The minimum Gasteiger partial charge on any atom is -0.464 e. The highest BCUT2D eigenvalue weighted by atomic mass is 16.3. The Balaban J connectivity index is 2.96. The summed E-state index contributed by atoms with van der Waals surface area (Å²) in [5, 5.41) is 0. The van der Waals surface area contributed by atoms with Gasteiger partial charge in [-0.3, -0.25) is 0 Å². The van der Waals surface area contributed by atoms with Crippen molar-refractivity contribution in [2.24, 2.45) is 5.73 Å². The van der Waals surface area contributed by atoms with Gasteiger partial charge in [0.1, 0.15) is 11.5 Å². The Kier molecular flexibility index (Phi) is 3.32. The smallest absolute Gasteiger partial charge is 0.121 e. The van der Waals surface area contributed by atoms with E-state index in [2.05, 4.69) is 13.5 Å². The Bertz CT molecular complexity index is 286. The minimum atomic E-state index is -0.0377. The summed E-state index contributed by atoms with van der Waals surface area (Å²) >= 11 is 0. The molecule has 1 rings (SSSR count).